The zero-order valence-electron chi connectivity index (χ0n) is 17.2. The van der Waals surface area contributed by atoms with Crippen molar-refractivity contribution in [1.29, 1.82) is 0 Å². The molecule has 1 aliphatic rings. The molecule has 1 aliphatic heterocycles. The number of aromatic nitrogens is 4. The summed E-state index contributed by atoms with van der Waals surface area (Å²) in [6, 6.07) is 13.0. The number of fused-ring (bicyclic) bond motifs is 2. The highest BCUT2D eigenvalue weighted by molar-refractivity contribution is 5.94. The minimum Gasteiger partial charge on any atom is -0.354 e. The van der Waals surface area contributed by atoms with E-state index in [-0.39, 0.29) is 18.0 Å². The zero-order valence-corrected chi connectivity index (χ0v) is 17.2. The number of carbonyl (C=O) groups excluding carboxylic acids is 1. The van der Waals surface area contributed by atoms with Crippen LogP contribution in [0.25, 0.3) is 21.9 Å². The molecule has 0 spiro atoms. The summed E-state index contributed by atoms with van der Waals surface area (Å²) in [7, 11) is 0. The second kappa shape index (κ2) is 7.79. The van der Waals surface area contributed by atoms with Gasteiger partial charge in [-0.3, -0.25) is 14.2 Å². The molecule has 2 aromatic heterocycles. The van der Waals surface area contributed by atoms with E-state index >= 15 is 0 Å². The number of hydrogen-bond acceptors (Lipinski definition) is 6. The maximum atomic E-state index is 12.9. The molecule has 1 fully saturated rings. The molecule has 0 atom stereocenters. The number of nitrogens with zero attached hydrogens (tertiary/aromatic N) is 5. The smallest absolute Gasteiger partial charge is 0.261 e. The van der Waals surface area contributed by atoms with Gasteiger partial charge >= 0.3 is 0 Å². The molecule has 0 bridgehead atoms. The van der Waals surface area contributed by atoms with Crippen molar-refractivity contribution in [3.63, 3.8) is 0 Å². The summed E-state index contributed by atoms with van der Waals surface area (Å²) in [5.74, 6) is 0.744. The molecule has 2 aromatic carbocycles. The summed E-state index contributed by atoms with van der Waals surface area (Å²) in [6.45, 7) is 3.51. The zero-order chi connectivity index (χ0) is 21.4. The molecule has 3 heterocycles. The van der Waals surface area contributed by atoms with Crippen LogP contribution in [0.1, 0.15) is 18.4 Å². The first-order valence-corrected chi connectivity index (χ1v) is 10.4. The minimum absolute atomic E-state index is 0.149. The van der Waals surface area contributed by atoms with Gasteiger partial charge in [-0.25, -0.2) is 15.0 Å². The lowest BCUT2D eigenvalue weighted by Gasteiger charge is -2.20. The van der Waals surface area contributed by atoms with E-state index in [2.05, 4.69) is 20.2 Å². The second-order valence-corrected chi connectivity index (χ2v) is 7.78. The lowest BCUT2D eigenvalue weighted by atomic mass is 10.1. The number of benzene rings is 2. The van der Waals surface area contributed by atoms with E-state index in [0.29, 0.717) is 28.1 Å². The Morgan fingerprint density at radius 1 is 1.03 bits per heavy atom. The fourth-order valence-corrected chi connectivity index (χ4v) is 4.00. The van der Waals surface area contributed by atoms with Crippen LogP contribution in [0.15, 0.2) is 53.6 Å². The maximum Gasteiger partial charge on any atom is 0.261 e. The third kappa shape index (κ3) is 3.61. The third-order valence-corrected chi connectivity index (χ3v) is 5.58. The molecule has 1 amide bonds. The Hall–Kier alpha value is -3.81. The fraction of sp³-hybridized carbons (Fsp3) is 0.261. The molecule has 1 saturated heterocycles. The lowest BCUT2D eigenvalue weighted by Crippen LogP contribution is -2.29. The van der Waals surface area contributed by atoms with Gasteiger partial charge in [-0.1, -0.05) is 24.3 Å². The van der Waals surface area contributed by atoms with Crippen LogP contribution in [-0.4, -0.2) is 38.5 Å². The van der Waals surface area contributed by atoms with Gasteiger partial charge in [-0.2, -0.15) is 0 Å². The molecule has 0 saturated carbocycles. The van der Waals surface area contributed by atoms with E-state index in [1.807, 2.05) is 43.3 Å². The summed E-state index contributed by atoms with van der Waals surface area (Å²) in [6.07, 6.45) is 3.59. The van der Waals surface area contributed by atoms with E-state index in [9.17, 15) is 9.59 Å². The predicted molar refractivity (Wildman–Crippen MR) is 120 cm³/mol. The van der Waals surface area contributed by atoms with E-state index < -0.39 is 0 Å². The summed E-state index contributed by atoms with van der Waals surface area (Å²) in [5.41, 5.74) is 2.83. The second-order valence-electron chi connectivity index (χ2n) is 7.78. The first kappa shape index (κ1) is 19.2. The maximum absolute atomic E-state index is 12.9. The standard InChI is InChI=1S/C23H22N6O2/c1-15-7-6-8-16-20(15)24-14-29(23(16)31)13-19(30)27-21-22(28-11-4-5-12-28)26-18-10-3-2-9-17(18)25-21/h2-3,6-10,14H,4-5,11-13H2,1H3,(H,25,27,30). The number of aryl methyl sites for hydroxylation is 1. The molecular weight excluding hydrogens is 392 g/mol. The van der Waals surface area contributed by atoms with Gasteiger partial charge in [0.15, 0.2) is 11.6 Å². The Bertz CT molecular complexity index is 1360. The quantitative estimate of drug-likeness (QED) is 0.552. The molecule has 0 unspecified atom stereocenters. The van der Waals surface area contributed by atoms with Gasteiger partial charge < -0.3 is 10.2 Å². The van der Waals surface area contributed by atoms with Gasteiger partial charge in [-0.15, -0.1) is 0 Å². The average molecular weight is 414 g/mol. The van der Waals surface area contributed by atoms with Crippen molar-refractivity contribution in [2.75, 3.05) is 23.3 Å². The Morgan fingerprint density at radius 3 is 2.55 bits per heavy atom. The molecule has 0 aliphatic carbocycles. The van der Waals surface area contributed by atoms with Crippen molar-refractivity contribution in [1.82, 2.24) is 19.5 Å². The van der Waals surface area contributed by atoms with Crippen molar-refractivity contribution in [3.05, 3.63) is 64.7 Å². The van der Waals surface area contributed by atoms with E-state index in [4.69, 9.17) is 4.98 Å². The SMILES string of the molecule is Cc1cccc2c(=O)n(CC(=O)Nc3nc4ccccc4nc3N3CCCC3)cnc12. The normalized spacial score (nSPS) is 13.8. The number of carbonyl (C=O) groups is 1. The molecule has 8 heteroatoms. The molecule has 5 rings (SSSR count). The number of para-hydroxylation sites is 3. The highest BCUT2D eigenvalue weighted by atomic mass is 16.2. The highest BCUT2D eigenvalue weighted by Crippen LogP contribution is 2.27. The Labute approximate surface area is 178 Å². The summed E-state index contributed by atoms with van der Waals surface area (Å²) in [4.78, 5) is 41.6. The largest absolute Gasteiger partial charge is 0.354 e. The van der Waals surface area contributed by atoms with Gasteiger partial charge in [0, 0.05) is 13.1 Å². The Morgan fingerprint density at radius 2 is 1.77 bits per heavy atom. The van der Waals surface area contributed by atoms with E-state index in [1.165, 1.54) is 10.9 Å². The van der Waals surface area contributed by atoms with Crippen molar-refractivity contribution in [2.24, 2.45) is 0 Å². The van der Waals surface area contributed by atoms with Gasteiger partial charge in [0.05, 0.1) is 28.3 Å². The molecular formula is C23H22N6O2. The van der Waals surface area contributed by atoms with Crippen LogP contribution in [-0.2, 0) is 11.3 Å². The summed E-state index contributed by atoms with van der Waals surface area (Å²) < 4.78 is 1.32. The summed E-state index contributed by atoms with van der Waals surface area (Å²) >= 11 is 0. The van der Waals surface area contributed by atoms with Crippen LogP contribution < -0.4 is 15.8 Å². The number of nitrogens with one attached hydrogen (secondary N) is 1. The topological polar surface area (TPSA) is 93.0 Å². The highest BCUT2D eigenvalue weighted by Gasteiger charge is 2.21. The van der Waals surface area contributed by atoms with E-state index in [1.54, 1.807) is 6.07 Å². The number of hydrogen-bond donors (Lipinski definition) is 1. The first-order chi connectivity index (χ1) is 15.1. The van der Waals surface area contributed by atoms with Crippen LogP contribution in [0.3, 0.4) is 0 Å². The molecule has 1 N–H and O–H groups in total. The fourth-order valence-electron chi connectivity index (χ4n) is 4.00. The molecule has 8 nitrogen and oxygen atoms in total. The van der Waals surface area contributed by atoms with Crippen LogP contribution >= 0.6 is 0 Å². The Kier molecular flexibility index (Phi) is 4.82. The molecule has 156 valence electrons. The lowest BCUT2D eigenvalue weighted by molar-refractivity contribution is -0.116. The average Bonchev–Trinajstić information content (AvgIpc) is 3.30. The van der Waals surface area contributed by atoms with Gasteiger partial charge in [0.1, 0.15) is 6.54 Å². The van der Waals surface area contributed by atoms with Gasteiger partial charge in [0.25, 0.3) is 5.56 Å². The first-order valence-electron chi connectivity index (χ1n) is 10.4. The van der Waals surface area contributed by atoms with Crippen LogP contribution in [0, 0.1) is 6.92 Å². The van der Waals surface area contributed by atoms with Crippen molar-refractivity contribution in [3.8, 4) is 0 Å². The molecule has 31 heavy (non-hydrogen) atoms. The van der Waals surface area contributed by atoms with Gasteiger partial charge in [0.2, 0.25) is 5.91 Å². The van der Waals surface area contributed by atoms with Crippen molar-refractivity contribution >= 4 is 39.5 Å². The minimum atomic E-state index is -0.346. The predicted octanol–water partition coefficient (Wildman–Crippen LogP) is 2.89. The van der Waals surface area contributed by atoms with Gasteiger partial charge in [-0.05, 0) is 43.5 Å². The number of anilines is 2. The van der Waals surface area contributed by atoms with Crippen molar-refractivity contribution in [2.45, 2.75) is 26.3 Å². The van der Waals surface area contributed by atoms with Crippen LogP contribution in [0.4, 0.5) is 11.6 Å². The summed E-state index contributed by atoms with van der Waals surface area (Å²) in [5, 5.41) is 3.37. The molecule has 0 radical (unpaired) electrons. The Balaban J connectivity index is 1.46. The third-order valence-electron chi connectivity index (χ3n) is 5.58. The molecule has 4 aromatic rings. The van der Waals surface area contributed by atoms with Crippen molar-refractivity contribution < 1.29 is 4.79 Å². The van der Waals surface area contributed by atoms with E-state index in [0.717, 1.165) is 37.0 Å². The number of amides is 1. The van der Waals surface area contributed by atoms with Crippen LogP contribution in [0.5, 0.6) is 0 Å². The van der Waals surface area contributed by atoms with Crippen LogP contribution in [0.2, 0.25) is 0 Å². The monoisotopic (exact) mass is 414 g/mol. The number of rotatable bonds is 4.